The van der Waals surface area contributed by atoms with Crippen molar-refractivity contribution in [3.8, 4) is 0 Å². The molecule has 0 fully saturated rings. The van der Waals surface area contributed by atoms with E-state index in [1.165, 1.54) is 17.9 Å². The molecule has 6 nitrogen and oxygen atoms in total. The maximum absolute atomic E-state index is 11.1. The second-order valence-electron chi connectivity index (χ2n) is 3.24. The quantitative estimate of drug-likeness (QED) is 0.725. The minimum atomic E-state index is -3.27. The molecule has 1 heterocycles. The third-order valence-corrected chi connectivity index (χ3v) is 3.65. The smallest absolute Gasteiger partial charge is 0.152 e. The Morgan fingerprint density at radius 3 is 2.50 bits per heavy atom. The molecule has 7 heteroatoms. The Balaban J connectivity index is 2.91. The molecule has 1 aromatic heterocycles. The van der Waals surface area contributed by atoms with Crippen molar-refractivity contribution in [3.63, 3.8) is 0 Å². The molecule has 1 N–H and O–H groups in total. The molecule has 0 aliphatic heterocycles. The van der Waals surface area contributed by atoms with Crippen LogP contribution in [0.2, 0.25) is 0 Å². The van der Waals surface area contributed by atoms with Crippen molar-refractivity contribution in [3.05, 3.63) is 11.9 Å². The molecule has 0 radical (unpaired) electrons. The van der Waals surface area contributed by atoms with E-state index >= 15 is 0 Å². The summed E-state index contributed by atoms with van der Waals surface area (Å²) in [6.45, 7) is 1.44. The lowest BCUT2D eigenvalue weighted by atomic mass is 10.2. The first-order valence-corrected chi connectivity index (χ1v) is 6.01. The highest BCUT2D eigenvalue weighted by Gasteiger charge is 2.27. The summed E-state index contributed by atoms with van der Waals surface area (Å²) in [5.74, 6) is 0. The predicted molar refractivity (Wildman–Crippen MR) is 50.3 cm³/mol. The number of sulfone groups is 1. The molecule has 0 amide bonds. The van der Waals surface area contributed by atoms with Crippen LogP contribution in [0.15, 0.2) is 6.20 Å². The van der Waals surface area contributed by atoms with Crippen molar-refractivity contribution < 1.29 is 13.5 Å². The number of rotatable bonds is 3. The average molecular weight is 219 g/mol. The second kappa shape index (κ2) is 3.66. The van der Waals surface area contributed by atoms with Crippen LogP contribution in [0.3, 0.4) is 0 Å². The molecule has 2 unspecified atom stereocenters. The first kappa shape index (κ1) is 11.1. The van der Waals surface area contributed by atoms with Crippen molar-refractivity contribution in [2.45, 2.75) is 18.3 Å². The van der Waals surface area contributed by atoms with Gasteiger partial charge in [-0.25, -0.2) is 8.42 Å². The molecule has 1 aromatic rings. The number of aliphatic hydroxyl groups is 1. The summed E-state index contributed by atoms with van der Waals surface area (Å²) in [6, 6.07) is 0. The van der Waals surface area contributed by atoms with Crippen LogP contribution >= 0.6 is 0 Å². The lowest BCUT2D eigenvalue weighted by Crippen LogP contribution is -2.24. The van der Waals surface area contributed by atoms with Crippen LogP contribution in [0, 0.1) is 0 Å². The van der Waals surface area contributed by atoms with Gasteiger partial charge in [-0.15, -0.1) is 0 Å². The highest BCUT2D eigenvalue weighted by Crippen LogP contribution is 2.18. The molecule has 0 aromatic carbocycles. The number of aliphatic hydroxyl groups excluding tert-OH is 1. The number of hydrogen-bond acceptors (Lipinski definition) is 5. The van der Waals surface area contributed by atoms with E-state index in [0.29, 0.717) is 0 Å². The number of nitrogens with zero attached hydrogens (tertiary/aromatic N) is 3. The van der Waals surface area contributed by atoms with Gasteiger partial charge in [0.05, 0.1) is 11.4 Å². The molecule has 2 atom stereocenters. The van der Waals surface area contributed by atoms with Gasteiger partial charge >= 0.3 is 0 Å². The van der Waals surface area contributed by atoms with E-state index < -0.39 is 21.2 Å². The molecule has 0 saturated heterocycles. The summed E-state index contributed by atoms with van der Waals surface area (Å²) in [5, 5.41) is 16.4. The maximum atomic E-state index is 11.1. The molecule has 0 saturated carbocycles. The zero-order valence-electron chi connectivity index (χ0n) is 8.25. The zero-order chi connectivity index (χ0) is 10.9. The van der Waals surface area contributed by atoms with E-state index in [2.05, 4.69) is 10.2 Å². The van der Waals surface area contributed by atoms with Crippen molar-refractivity contribution in [2.24, 2.45) is 7.05 Å². The number of aryl methyl sites for hydroxylation is 1. The Hall–Kier alpha value is -0.950. The van der Waals surface area contributed by atoms with Gasteiger partial charge in [-0.2, -0.15) is 15.0 Å². The van der Waals surface area contributed by atoms with E-state index in [4.69, 9.17) is 0 Å². The van der Waals surface area contributed by atoms with Crippen LogP contribution in [0.5, 0.6) is 0 Å². The summed E-state index contributed by atoms with van der Waals surface area (Å²) >= 11 is 0. The highest BCUT2D eigenvalue weighted by atomic mass is 32.2. The fraction of sp³-hybridized carbons (Fsp3) is 0.714. The maximum Gasteiger partial charge on any atom is 0.152 e. The van der Waals surface area contributed by atoms with Gasteiger partial charge in [-0.05, 0) is 6.92 Å². The zero-order valence-corrected chi connectivity index (χ0v) is 9.06. The highest BCUT2D eigenvalue weighted by molar-refractivity contribution is 7.91. The molecule has 1 rings (SSSR count). The fourth-order valence-corrected chi connectivity index (χ4v) is 1.58. The Labute approximate surface area is 82.5 Å². The lowest BCUT2D eigenvalue weighted by molar-refractivity contribution is 0.170. The molecular formula is C7H13N3O3S. The standard InChI is InChI=1S/C7H13N3O3S/c1-5(14(3,12)13)7(11)6-4-8-10(2)9-6/h4-5,7,11H,1-3H3. The van der Waals surface area contributed by atoms with Crippen molar-refractivity contribution in [1.29, 1.82) is 0 Å². The van der Waals surface area contributed by atoms with Gasteiger partial charge in [0.1, 0.15) is 11.8 Å². The Morgan fingerprint density at radius 1 is 1.57 bits per heavy atom. The molecule has 0 aliphatic rings. The Kier molecular flexibility index (Phi) is 2.91. The van der Waals surface area contributed by atoms with Gasteiger partial charge in [-0.1, -0.05) is 0 Å². The van der Waals surface area contributed by atoms with Crippen molar-refractivity contribution >= 4 is 9.84 Å². The summed E-state index contributed by atoms with van der Waals surface area (Å²) in [5.41, 5.74) is 0.269. The molecule has 0 bridgehead atoms. The Morgan fingerprint density at radius 2 is 2.14 bits per heavy atom. The van der Waals surface area contributed by atoms with Crippen LogP contribution < -0.4 is 0 Å². The summed E-state index contributed by atoms with van der Waals surface area (Å²) in [4.78, 5) is 1.27. The van der Waals surface area contributed by atoms with Gasteiger partial charge in [-0.3, -0.25) is 0 Å². The third-order valence-electron chi connectivity index (χ3n) is 2.04. The van der Waals surface area contributed by atoms with Crippen molar-refractivity contribution in [2.75, 3.05) is 6.26 Å². The predicted octanol–water partition coefficient (Wildman–Crippen LogP) is -0.718. The van der Waals surface area contributed by atoms with Crippen LogP contribution in [-0.2, 0) is 16.9 Å². The first-order chi connectivity index (χ1) is 6.32. The summed E-state index contributed by atoms with van der Waals surface area (Å²) < 4.78 is 22.3. The van der Waals surface area contributed by atoms with E-state index in [0.717, 1.165) is 6.26 Å². The average Bonchev–Trinajstić information content (AvgIpc) is 2.47. The monoisotopic (exact) mass is 219 g/mol. The van der Waals surface area contributed by atoms with Gasteiger partial charge in [0, 0.05) is 13.3 Å². The van der Waals surface area contributed by atoms with E-state index in [9.17, 15) is 13.5 Å². The largest absolute Gasteiger partial charge is 0.385 e. The van der Waals surface area contributed by atoms with Crippen LogP contribution in [0.4, 0.5) is 0 Å². The van der Waals surface area contributed by atoms with E-state index in [1.54, 1.807) is 7.05 Å². The molecular weight excluding hydrogens is 206 g/mol. The summed E-state index contributed by atoms with van der Waals surface area (Å²) in [6.07, 6.45) is 1.31. The van der Waals surface area contributed by atoms with Crippen LogP contribution in [0.25, 0.3) is 0 Å². The SMILES string of the molecule is CC(C(O)c1cnn(C)n1)S(C)(=O)=O. The van der Waals surface area contributed by atoms with E-state index in [-0.39, 0.29) is 5.69 Å². The third kappa shape index (κ3) is 2.30. The van der Waals surface area contributed by atoms with Crippen LogP contribution in [0.1, 0.15) is 18.7 Å². The lowest BCUT2D eigenvalue weighted by Gasteiger charge is -2.14. The van der Waals surface area contributed by atoms with Crippen molar-refractivity contribution in [1.82, 2.24) is 15.0 Å². The van der Waals surface area contributed by atoms with Gasteiger partial charge in [0.25, 0.3) is 0 Å². The molecule has 80 valence electrons. The minimum Gasteiger partial charge on any atom is -0.385 e. The normalized spacial score (nSPS) is 16.6. The first-order valence-electron chi connectivity index (χ1n) is 4.05. The minimum absolute atomic E-state index is 0.269. The van der Waals surface area contributed by atoms with Gasteiger partial charge in [0.15, 0.2) is 9.84 Å². The fourth-order valence-electron chi connectivity index (χ4n) is 0.972. The second-order valence-corrected chi connectivity index (χ2v) is 5.64. The summed E-state index contributed by atoms with van der Waals surface area (Å²) in [7, 11) is -1.67. The molecule has 0 aliphatic carbocycles. The van der Waals surface area contributed by atoms with Gasteiger partial charge in [0.2, 0.25) is 0 Å². The molecule has 0 spiro atoms. The van der Waals surface area contributed by atoms with E-state index in [1.807, 2.05) is 0 Å². The number of aromatic nitrogens is 3. The number of hydrogen-bond donors (Lipinski definition) is 1. The van der Waals surface area contributed by atoms with Crippen LogP contribution in [-0.4, -0.2) is 40.0 Å². The molecule has 14 heavy (non-hydrogen) atoms. The van der Waals surface area contributed by atoms with Gasteiger partial charge < -0.3 is 5.11 Å². The Bertz CT molecular complexity index is 412. The topological polar surface area (TPSA) is 85.1 Å².